The zero-order chi connectivity index (χ0) is 16.4. The molecule has 0 atom stereocenters. The van der Waals surface area contributed by atoms with E-state index in [4.69, 9.17) is 12.2 Å². The summed E-state index contributed by atoms with van der Waals surface area (Å²) in [5.41, 5.74) is 2.32. The van der Waals surface area contributed by atoms with E-state index in [1.54, 1.807) is 0 Å². The summed E-state index contributed by atoms with van der Waals surface area (Å²) in [5.74, 6) is -1.28. The second-order valence-corrected chi connectivity index (χ2v) is 5.28. The van der Waals surface area contributed by atoms with Gasteiger partial charge in [0.15, 0.2) is 17.5 Å². The topological polar surface area (TPSA) is 46.0 Å². The molecule has 116 valence electrons. The average Bonchev–Trinajstić information content (AvgIpc) is 2.90. The number of benzene rings is 2. The SMILES string of the molecule is Cc1ccccc1-c1n[nH]c(=S)n1/N=C/c1ccc(F)c(F)c1. The van der Waals surface area contributed by atoms with E-state index in [1.807, 2.05) is 31.2 Å². The maximum absolute atomic E-state index is 13.2. The number of nitrogens with one attached hydrogen (secondary N) is 1. The zero-order valence-corrected chi connectivity index (χ0v) is 12.9. The summed E-state index contributed by atoms with van der Waals surface area (Å²) in [6, 6.07) is 11.2. The van der Waals surface area contributed by atoms with Gasteiger partial charge in [-0.15, -0.1) is 0 Å². The van der Waals surface area contributed by atoms with Gasteiger partial charge < -0.3 is 0 Å². The van der Waals surface area contributed by atoms with Crippen LogP contribution in [0.25, 0.3) is 11.4 Å². The van der Waals surface area contributed by atoms with Crippen molar-refractivity contribution < 1.29 is 8.78 Å². The Labute approximate surface area is 136 Å². The van der Waals surface area contributed by atoms with Gasteiger partial charge in [-0.05, 0) is 42.4 Å². The van der Waals surface area contributed by atoms with Gasteiger partial charge in [0.1, 0.15) is 0 Å². The maximum atomic E-state index is 13.2. The molecule has 0 saturated carbocycles. The lowest BCUT2D eigenvalue weighted by Gasteiger charge is -2.04. The molecule has 0 aliphatic heterocycles. The second kappa shape index (κ2) is 6.21. The van der Waals surface area contributed by atoms with Crippen molar-refractivity contribution in [3.8, 4) is 11.4 Å². The highest BCUT2D eigenvalue weighted by molar-refractivity contribution is 7.71. The first-order valence-corrected chi connectivity index (χ1v) is 7.20. The van der Waals surface area contributed by atoms with E-state index in [0.717, 1.165) is 23.3 Å². The van der Waals surface area contributed by atoms with Crippen molar-refractivity contribution in [1.82, 2.24) is 14.9 Å². The Bertz CT molecular complexity index is 943. The van der Waals surface area contributed by atoms with Crippen LogP contribution in [-0.2, 0) is 0 Å². The van der Waals surface area contributed by atoms with E-state index < -0.39 is 11.6 Å². The molecule has 3 aromatic rings. The van der Waals surface area contributed by atoms with Crippen molar-refractivity contribution in [2.45, 2.75) is 6.92 Å². The number of halogens is 2. The van der Waals surface area contributed by atoms with E-state index in [9.17, 15) is 8.78 Å². The van der Waals surface area contributed by atoms with Crippen molar-refractivity contribution in [2.24, 2.45) is 5.10 Å². The third-order valence-electron chi connectivity index (χ3n) is 3.30. The summed E-state index contributed by atoms with van der Waals surface area (Å²) in [7, 11) is 0. The predicted octanol–water partition coefficient (Wildman–Crippen LogP) is 4.08. The van der Waals surface area contributed by atoms with Gasteiger partial charge >= 0.3 is 0 Å². The lowest BCUT2D eigenvalue weighted by molar-refractivity contribution is 0.508. The molecular formula is C16H12F2N4S. The molecule has 0 amide bonds. The Kier molecular flexibility index (Phi) is 4.12. The van der Waals surface area contributed by atoms with Gasteiger partial charge in [0.2, 0.25) is 4.77 Å². The van der Waals surface area contributed by atoms with Crippen LogP contribution in [-0.4, -0.2) is 21.1 Å². The first-order valence-electron chi connectivity index (χ1n) is 6.79. The highest BCUT2D eigenvalue weighted by Crippen LogP contribution is 2.21. The Morgan fingerprint density at radius 3 is 2.70 bits per heavy atom. The van der Waals surface area contributed by atoms with Crippen LogP contribution >= 0.6 is 12.2 Å². The highest BCUT2D eigenvalue weighted by atomic mass is 32.1. The second-order valence-electron chi connectivity index (χ2n) is 4.90. The molecule has 3 rings (SSSR count). The van der Waals surface area contributed by atoms with Crippen LogP contribution in [0.15, 0.2) is 47.6 Å². The number of rotatable bonds is 3. The Morgan fingerprint density at radius 2 is 1.96 bits per heavy atom. The van der Waals surface area contributed by atoms with Gasteiger partial charge in [-0.25, -0.2) is 13.9 Å². The number of aromatic nitrogens is 3. The van der Waals surface area contributed by atoms with Crippen molar-refractivity contribution >= 4 is 18.4 Å². The van der Waals surface area contributed by atoms with Gasteiger partial charge in [-0.3, -0.25) is 0 Å². The van der Waals surface area contributed by atoms with Gasteiger partial charge in [0.25, 0.3) is 0 Å². The molecule has 4 nitrogen and oxygen atoms in total. The molecule has 0 unspecified atom stereocenters. The first kappa shape index (κ1) is 15.2. The van der Waals surface area contributed by atoms with Crippen LogP contribution in [0.1, 0.15) is 11.1 Å². The number of aryl methyl sites for hydroxylation is 1. The fourth-order valence-corrected chi connectivity index (χ4v) is 2.29. The monoisotopic (exact) mass is 330 g/mol. The minimum Gasteiger partial charge on any atom is -0.250 e. The summed E-state index contributed by atoms with van der Waals surface area (Å²) in [6.07, 6.45) is 1.40. The van der Waals surface area contributed by atoms with Crippen LogP contribution in [0.2, 0.25) is 0 Å². The van der Waals surface area contributed by atoms with Gasteiger partial charge in [0, 0.05) is 5.56 Å². The normalized spacial score (nSPS) is 11.3. The molecule has 0 aliphatic carbocycles. The average molecular weight is 330 g/mol. The van der Waals surface area contributed by atoms with Crippen LogP contribution in [0, 0.1) is 23.3 Å². The summed E-state index contributed by atoms with van der Waals surface area (Å²) in [4.78, 5) is 0. The molecule has 7 heteroatoms. The lowest BCUT2D eigenvalue weighted by Crippen LogP contribution is -1.97. The van der Waals surface area contributed by atoms with Crippen molar-refractivity contribution in [3.05, 3.63) is 70.0 Å². The summed E-state index contributed by atoms with van der Waals surface area (Å²) in [6.45, 7) is 1.95. The number of hydrogen-bond acceptors (Lipinski definition) is 3. The van der Waals surface area contributed by atoms with Crippen molar-refractivity contribution in [3.63, 3.8) is 0 Å². The van der Waals surface area contributed by atoms with Crippen LogP contribution < -0.4 is 0 Å². The molecular weight excluding hydrogens is 318 g/mol. The van der Waals surface area contributed by atoms with Crippen molar-refractivity contribution in [2.75, 3.05) is 0 Å². The van der Waals surface area contributed by atoms with E-state index >= 15 is 0 Å². The summed E-state index contributed by atoms with van der Waals surface area (Å²) in [5, 5.41) is 11.1. The highest BCUT2D eigenvalue weighted by Gasteiger charge is 2.10. The standard InChI is InChI=1S/C16H12F2N4S/c1-10-4-2-3-5-12(10)15-20-21-16(23)22(15)19-9-11-6-7-13(17)14(18)8-11/h2-9H,1H3,(H,21,23)/b19-9+. The Hall–Kier alpha value is -2.67. The molecule has 0 aliphatic rings. The number of hydrogen-bond donors (Lipinski definition) is 1. The first-order chi connectivity index (χ1) is 11.1. The largest absolute Gasteiger partial charge is 0.250 e. The Morgan fingerprint density at radius 1 is 1.17 bits per heavy atom. The van der Waals surface area contributed by atoms with Gasteiger partial charge in [-0.2, -0.15) is 14.9 Å². The molecule has 1 aromatic heterocycles. The zero-order valence-electron chi connectivity index (χ0n) is 12.1. The maximum Gasteiger partial charge on any atom is 0.216 e. The molecule has 0 saturated heterocycles. The van der Waals surface area contributed by atoms with E-state index in [2.05, 4.69) is 15.3 Å². The fourth-order valence-electron chi connectivity index (χ4n) is 2.11. The molecule has 0 radical (unpaired) electrons. The third kappa shape index (κ3) is 3.09. The molecule has 23 heavy (non-hydrogen) atoms. The molecule has 0 bridgehead atoms. The fraction of sp³-hybridized carbons (Fsp3) is 0.0625. The van der Waals surface area contributed by atoms with E-state index in [1.165, 1.54) is 17.0 Å². The minimum absolute atomic E-state index is 0.307. The molecule has 1 N–H and O–H groups in total. The number of H-pyrrole nitrogens is 1. The molecule has 1 heterocycles. The third-order valence-corrected chi connectivity index (χ3v) is 3.57. The van der Waals surface area contributed by atoms with E-state index in [-0.39, 0.29) is 0 Å². The Balaban J connectivity index is 2.02. The van der Waals surface area contributed by atoms with Crippen LogP contribution in [0.5, 0.6) is 0 Å². The molecule has 2 aromatic carbocycles. The smallest absolute Gasteiger partial charge is 0.216 e. The minimum atomic E-state index is -0.927. The summed E-state index contributed by atoms with van der Waals surface area (Å²) < 4.78 is 27.9. The van der Waals surface area contributed by atoms with Crippen LogP contribution in [0.4, 0.5) is 8.78 Å². The van der Waals surface area contributed by atoms with Gasteiger partial charge in [0.05, 0.1) is 6.21 Å². The van der Waals surface area contributed by atoms with Gasteiger partial charge in [-0.1, -0.05) is 30.3 Å². The predicted molar refractivity (Wildman–Crippen MR) is 86.9 cm³/mol. The quantitative estimate of drug-likeness (QED) is 0.581. The molecule has 0 fully saturated rings. The lowest BCUT2D eigenvalue weighted by atomic mass is 10.1. The molecule has 0 spiro atoms. The number of aromatic amines is 1. The summed E-state index contributed by atoms with van der Waals surface area (Å²) >= 11 is 5.18. The van der Waals surface area contributed by atoms with Crippen molar-refractivity contribution in [1.29, 1.82) is 0 Å². The van der Waals surface area contributed by atoms with Crippen LogP contribution in [0.3, 0.4) is 0 Å². The number of nitrogens with zero attached hydrogens (tertiary/aromatic N) is 3. The van der Waals surface area contributed by atoms with E-state index in [0.29, 0.717) is 16.2 Å².